The lowest BCUT2D eigenvalue weighted by atomic mass is 9.70. The molecule has 4 N–H and O–H groups in total. The molecule has 0 heterocycles. The Morgan fingerprint density at radius 3 is 0.875 bits per heavy atom. The molecule has 12 nitrogen and oxygen atoms in total. The lowest BCUT2D eigenvalue weighted by molar-refractivity contribution is 0.409. The van der Waals surface area contributed by atoms with Crippen LogP contribution < -0.4 is 0 Å². The summed E-state index contributed by atoms with van der Waals surface area (Å²) < 4.78 is 131. The van der Waals surface area contributed by atoms with Crippen molar-refractivity contribution in [3.63, 3.8) is 0 Å². The van der Waals surface area contributed by atoms with Crippen LogP contribution in [0.5, 0.6) is 0 Å². The van der Waals surface area contributed by atoms with E-state index in [1.807, 2.05) is 24.3 Å². The van der Waals surface area contributed by atoms with E-state index in [-0.39, 0.29) is 48.7 Å². The number of unbranched alkanes of at least 4 members (excludes halogenated alkanes) is 4. The van der Waals surface area contributed by atoms with Gasteiger partial charge in [-0.3, -0.25) is 18.2 Å². The summed E-state index contributed by atoms with van der Waals surface area (Å²) in [5, 5.41) is 0. The van der Waals surface area contributed by atoms with Gasteiger partial charge in [0.2, 0.25) is 0 Å². The maximum absolute atomic E-state index is 11.6. The predicted molar refractivity (Wildman–Crippen MR) is 251 cm³/mol. The highest BCUT2D eigenvalue weighted by Crippen LogP contribution is 2.56. The summed E-state index contributed by atoms with van der Waals surface area (Å²) >= 11 is 0. The van der Waals surface area contributed by atoms with Crippen LogP contribution in [-0.4, -0.2) is 74.9 Å². The Morgan fingerprint density at radius 1 is 0.312 bits per heavy atom. The number of rotatable bonds is 22. The summed E-state index contributed by atoms with van der Waals surface area (Å²) in [5.41, 5.74) is 11.1. The molecule has 5 aromatic rings. The number of hydrogen-bond acceptors (Lipinski definition) is 8. The fourth-order valence-corrected chi connectivity index (χ4v) is 12.6. The number of fused-ring (bicyclic) bond motifs is 6. The average molecular weight is 951 g/mol. The summed E-state index contributed by atoms with van der Waals surface area (Å²) in [5.74, 6) is -1.45. The Labute approximate surface area is 377 Å². The molecule has 0 bridgehead atoms. The van der Waals surface area contributed by atoms with Crippen LogP contribution in [0.2, 0.25) is 0 Å². The van der Waals surface area contributed by atoms with Crippen LogP contribution in [0.3, 0.4) is 0 Å². The van der Waals surface area contributed by atoms with Crippen molar-refractivity contribution in [2.24, 2.45) is 0 Å². The Bertz CT molecular complexity index is 2680. The maximum Gasteiger partial charge on any atom is 0.264 e. The smallest absolute Gasteiger partial charge is 0.264 e. The van der Waals surface area contributed by atoms with Crippen molar-refractivity contribution in [3.8, 4) is 44.5 Å². The van der Waals surface area contributed by atoms with Crippen LogP contribution in [0, 0.1) is 0 Å². The zero-order chi connectivity index (χ0) is 46.0. The summed E-state index contributed by atoms with van der Waals surface area (Å²) in [6.07, 6.45) is 5.23. The molecule has 2 aliphatic carbocycles. The molecule has 0 atom stereocenters. The number of hydrogen-bond donors (Lipinski definition) is 4. The first-order valence-electron chi connectivity index (χ1n) is 21.6. The number of benzene rings is 5. The minimum atomic E-state index is -4.15. The predicted octanol–water partition coefficient (Wildman–Crippen LogP) is 9.79. The summed E-state index contributed by atoms with van der Waals surface area (Å²) in [6, 6.07) is 37.0. The summed E-state index contributed by atoms with van der Waals surface area (Å²) in [6.45, 7) is 0. The van der Waals surface area contributed by atoms with Crippen molar-refractivity contribution < 1.29 is 51.9 Å². The van der Waals surface area contributed by atoms with E-state index < -0.39 is 51.3 Å². The molecule has 342 valence electrons. The molecular weight excluding hydrogens is 897 g/mol. The molecule has 0 aromatic heterocycles. The third kappa shape index (κ3) is 11.0. The topological polar surface area (TPSA) is 217 Å². The highest BCUT2D eigenvalue weighted by molar-refractivity contribution is 7.86. The van der Waals surface area contributed by atoms with Crippen LogP contribution in [0.25, 0.3) is 44.5 Å². The van der Waals surface area contributed by atoms with Crippen LogP contribution >= 0.6 is 0 Å². The third-order valence-corrected chi connectivity index (χ3v) is 16.3. The third-order valence-electron chi connectivity index (χ3n) is 13.1. The van der Waals surface area contributed by atoms with Gasteiger partial charge in [0, 0.05) is 10.8 Å². The minimum absolute atomic E-state index is 0.252. The van der Waals surface area contributed by atoms with E-state index in [1.54, 1.807) is 0 Å². The van der Waals surface area contributed by atoms with Gasteiger partial charge in [-0.25, -0.2) is 0 Å². The molecule has 0 spiro atoms. The van der Waals surface area contributed by atoms with Crippen molar-refractivity contribution in [1.82, 2.24) is 0 Å². The van der Waals surface area contributed by atoms with Gasteiger partial charge < -0.3 is 0 Å². The first-order chi connectivity index (χ1) is 30.2. The zero-order valence-corrected chi connectivity index (χ0v) is 38.7. The molecule has 0 fully saturated rings. The van der Waals surface area contributed by atoms with E-state index in [2.05, 4.69) is 84.9 Å². The van der Waals surface area contributed by atoms with Crippen molar-refractivity contribution in [2.75, 3.05) is 23.0 Å². The quantitative estimate of drug-likeness (QED) is 0.0377. The fourth-order valence-electron chi connectivity index (χ4n) is 10.3. The highest BCUT2D eigenvalue weighted by atomic mass is 32.2. The van der Waals surface area contributed by atoms with Crippen LogP contribution in [-0.2, 0) is 51.3 Å². The van der Waals surface area contributed by atoms with E-state index in [0.717, 1.165) is 66.8 Å². The molecule has 0 unspecified atom stereocenters. The maximum atomic E-state index is 11.6. The van der Waals surface area contributed by atoms with E-state index in [0.29, 0.717) is 51.4 Å². The molecule has 16 heteroatoms. The normalized spacial score (nSPS) is 15.1. The zero-order valence-electron chi connectivity index (χ0n) is 35.4. The van der Waals surface area contributed by atoms with Crippen LogP contribution in [0.1, 0.15) is 99.3 Å². The SMILES string of the molecule is O=S(=O)(O)CCCCC1(CCCCS(=O)(=O)O)c2ccccc2-c2ccc(-c3ccc(-c4ccc5c(c4)C(CCCCS(=O)(=O)O)(CCCCS(=O)(=O)O)c4ccccc4-5)cc3)cc21. The molecule has 5 aromatic carbocycles. The largest absolute Gasteiger partial charge is 0.286 e. The fraction of sp³-hybridized carbons (Fsp3) is 0.375. The van der Waals surface area contributed by atoms with E-state index >= 15 is 0 Å². The minimum Gasteiger partial charge on any atom is -0.286 e. The van der Waals surface area contributed by atoms with Gasteiger partial charge in [0.25, 0.3) is 40.5 Å². The lowest BCUT2D eigenvalue weighted by Crippen LogP contribution is -2.26. The van der Waals surface area contributed by atoms with Crippen LogP contribution in [0.4, 0.5) is 0 Å². The van der Waals surface area contributed by atoms with E-state index in [9.17, 15) is 51.9 Å². The Balaban J connectivity index is 1.22. The lowest BCUT2D eigenvalue weighted by Gasteiger charge is -2.33. The second kappa shape index (κ2) is 18.9. The van der Waals surface area contributed by atoms with Gasteiger partial charge in [-0.2, -0.15) is 33.7 Å². The van der Waals surface area contributed by atoms with Gasteiger partial charge in [0.1, 0.15) is 0 Å². The van der Waals surface area contributed by atoms with Crippen molar-refractivity contribution in [2.45, 2.75) is 87.9 Å². The van der Waals surface area contributed by atoms with Crippen LogP contribution in [0.15, 0.2) is 109 Å². The molecule has 0 amide bonds. The summed E-state index contributed by atoms with van der Waals surface area (Å²) in [7, 11) is -16.6. The highest BCUT2D eigenvalue weighted by Gasteiger charge is 2.44. The Morgan fingerprint density at radius 2 is 0.578 bits per heavy atom. The standard InChI is InChI=1S/C48H54O12S4/c49-61(50,51)29-9-5-25-47(26-6-10-30-62(52,53)54)43-15-3-1-13-39(43)41-23-21-37(33-45(41)47)35-17-19-36(20-18-35)38-22-24-42-40-14-2-4-16-44(40)48(46(42)34-38,27-7-11-31-63(55,56)57)28-8-12-32-64(58,59)60/h1-4,13-24,33-34H,5-12,25-32H2,(H,49,50,51)(H,52,53,54)(H,55,56,57)(H,58,59,60). The summed E-state index contributed by atoms with van der Waals surface area (Å²) in [4.78, 5) is 0. The molecule has 0 aliphatic heterocycles. The second-order valence-electron chi connectivity index (χ2n) is 17.3. The van der Waals surface area contributed by atoms with Gasteiger partial charge in [0.05, 0.1) is 23.0 Å². The average Bonchev–Trinajstić information content (AvgIpc) is 3.66. The Hall–Kier alpha value is -4.26. The molecule has 64 heavy (non-hydrogen) atoms. The Kier molecular flexibility index (Phi) is 14.1. The molecule has 0 radical (unpaired) electrons. The van der Waals surface area contributed by atoms with Gasteiger partial charge in [-0.15, -0.1) is 0 Å². The van der Waals surface area contributed by atoms with Crippen molar-refractivity contribution in [3.05, 3.63) is 131 Å². The van der Waals surface area contributed by atoms with E-state index in [1.165, 1.54) is 0 Å². The molecule has 0 saturated carbocycles. The first kappa shape index (κ1) is 47.7. The van der Waals surface area contributed by atoms with Gasteiger partial charge in [-0.05, 0) is 130 Å². The molecule has 0 saturated heterocycles. The molecular formula is C48H54O12S4. The second-order valence-corrected chi connectivity index (χ2v) is 23.6. The van der Waals surface area contributed by atoms with E-state index in [4.69, 9.17) is 0 Å². The van der Waals surface area contributed by atoms with Crippen molar-refractivity contribution in [1.29, 1.82) is 0 Å². The van der Waals surface area contributed by atoms with Gasteiger partial charge in [-0.1, -0.05) is 123 Å². The molecule has 2 aliphatic rings. The van der Waals surface area contributed by atoms with Gasteiger partial charge in [0.15, 0.2) is 0 Å². The first-order valence-corrected chi connectivity index (χ1v) is 28.0. The van der Waals surface area contributed by atoms with Crippen molar-refractivity contribution >= 4 is 40.5 Å². The molecule has 7 rings (SSSR count). The monoisotopic (exact) mass is 950 g/mol. The van der Waals surface area contributed by atoms with Gasteiger partial charge >= 0.3 is 0 Å².